The molecule has 1 aliphatic heterocycles. The number of benzene rings is 1. The Morgan fingerprint density at radius 1 is 1.03 bits per heavy atom. The summed E-state index contributed by atoms with van der Waals surface area (Å²) in [6.07, 6.45) is 8.86. The van der Waals surface area contributed by atoms with Gasteiger partial charge in [0.2, 0.25) is 0 Å². The first-order valence-electron chi connectivity index (χ1n) is 12.5. The molecule has 2 aromatic rings. The van der Waals surface area contributed by atoms with Crippen LogP contribution in [0.25, 0.3) is 5.69 Å². The van der Waals surface area contributed by atoms with Gasteiger partial charge in [-0.05, 0) is 62.3 Å². The summed E-state index contributed by atoms with van der Waals surface area (Å²) in [7, 11) is 0. The number of nitrogens with zero attached hydrogens (tertiary/aromatic N) is 4. The molecule has 1 aromatic heterocycles. The number of carbonyl (C=O) groups is 1. The second-order valence-corrected chi connectivity index (χ2v) is 9.77. The van der Waals surface area contributed by atoms with Gasteiger partial charge in [0, 0.05) is 57.0 Å². The Hall–Kier alpha value is -2.75. The monoisotopic (exact) mass is 465 g/mol. The Bertz CT molecular complexity index is 1040. The van der Waals surface area contributed by atoms with Crippen molar-refractivity contribution in [2.45, 2.75) is 63.2 Å². The average Bonchev–Trinajstić information content (AvgIpc) is 3.70. The van der Waals surface area contributed by atoms with E-state index in [0.717, 1.165) is 38.2 Å². The molecule has 3 aliphatic rings. The van der Waals surface area contributed by atoms with Crippen molar-refractivity contribution in [1.29, 1.82) is 0 Å². The lowest BCUT2D eigenvalue weighted by Gasteiger charge is -2.36. The van der Waals surface area contributed by atoms with Crippen LogP contribution in [-0.2, 0) is 6.54 Å². The number of carbonyl (C=O) groups excluding carboxylic acids is 1. The number of piperazine rings is 1. The molecule has 34 heavy (non-hydrogen) atoms. The van der Waals surface area contributed by atoms with E-state index in [1.165, 1.54) is 35.8 Å². The largest absolute Gasteiger partial charge is 0.354 e. The quantitative estimate of drug-likeness (QED) is 0.601. The highest BCUT2D eigenvalue weighted by Gasteiger charge is 2.35. The lowest BCUT2D eigenvalue weighted by atomic mass is 9.90. The zero-order valence-corrected chi connectivity index (χ0v) is 19.7. The van der Waals surface area contributed by atoms with Gasteiger partial charge in [-0.25, -0.2) is 9.59 Å². The number of hydrogen-bond acceptors (Lipinski definition) is 6. The van der Waals surface area contributed by atoms with Gasteiger partial charge >= 0.3 is 11.7 Å². The summed E-state index contributed by atoms with van der Waals surface area (Å²) in [4.78, 5) is 33.5. The standard InChI is InChI=1S/C25H35N7O2/c26-19-3-7-21(8-4-19)32(22-9-10-22)17-18-1-5-20(6-2-18)31-14-11-23(29-25(31)34)28-24(33)30-15-12-27-13-16-30/h1-2,5-6,11,14,19,21-22,27H,3-4,7-10,12-13,15-17,26H2,(H,28,29,33,34). The van der Waals surface area contributed by atoms with Crippen molar-refractivity contribution in [3.63, 3.8) is 0 Å². The molecule has 0 atom stereocenters. The molecule has 2 aliphatic carbocycles. The van der Waals surface area contributed by atoms with Crippen molar-refractivity contribution < 1.29 is 4.79 Å². The first-order chi connectivity index (χ1) is 16.6. The Morgan fingerprint density at radius 2 is 1.68 bits per heavy atom. The van der Waals surface area contributed by atoms with Crippen molar-refractivity contribution in [2.75, 3.05) is 31.5 Å². The van der Waals surface area contributed by atoms with Crippen molar-refractivity contribution >= 4 is 11.8 Å². The second kappa shape index (κ2) is 10.2. The fourth-order valence-corrected chi connectivity index (χ4v) is 5.09. The summed E-state index contributed by atoms with van der Waals surface area (Å²) in [5, 5.41) is 5.94. The summed E-state index contributed by atoms with van der Waals surface area (Å²) in [6.45, 7) is 3.76. The highest BCUT2D eigenvalue weighted by Crippen LogP contribution is 2.34. The molecule has 0 unspecified atom stereocenters. The van der Waals surface area contributed by atoms with E-state index in [9.17, 15) is 9.59 Å². The number of rotatable bonds is 6. The maximum Gasteiger partial charge on any atom is 0.354 e. The van der Waals surface area contributed by atoms with Crippen LogP contribution in [0.1, 0.15) is 44.1 Å². The predicted octanol–water partition coefficient (Wildman–Crippen LogP) is 1.90. The molecule has 0 radical (unpaired) electrons. The smallest absolute Gasteiger partial charge is 0.328 e. The molecule has 0 spiro atoms. The lowest BCUT2D eigenvalue weighted by Crippen LogP contribution is -2.48. The number of anilines is 1. The summed E-state index contributed by atoms with van der Waals surface area (Å²) < 4.78 is 1.51. The van der Waals surface area contributed by atoms with Gasteiger partial charge in [0.15, 0.2) is 0 Å². The van der Waals surface area contributed by atoms with Gasteiger partial charge in [0.25, 0.3) is 0 Å². The maximum absolute atomic E-state index is 12.7. The average molecular weight is 466 g/mol. The van der Waals surface area contributed by atoms with E-state index >= 15 is 0 Å². The first kappa shape index (κ1) is 23.0. The van der Waals surface area contributed by atoms with Gasteiger partial charge in [-0.1, -0.05) is 12.1 Å². The number of urea groups is 1. The molecule has 3 fully saturated rings. The van der Waals surface area contributed by atoms with Crippen molar-refractivity contribution in [1.82, 2.24) is 24.7 Å². The van der Waals surface area contributed by atoms with E-state index in [1.54, 1.807) is 17.2 Å². The molecule has 9 nitrogen and oxygen atoms in total. The molecule has 0 bridgehead atoms. The number of nitrogens with two attached hydrogens (primary N) is 1. The zero-order valence-electron chi connectivity index (χ0n) is 19.7. The Kier molecular flexibility index (Phi) is 6.94. The fourth-order valence-electron chi connectivity index (χ4n) is 5.09. The van der Waals surface area contributed by atoms with Crippen LogP contribution < -0.4 is 22.1 Å². The van der Waals surface area contributed by atoms with Crippen molar-refractivity contribution in [3.8, 4) is 5.69 Å². The molecule has 2 saturated carbocycles. The Labute approximate surface area is 200 Å². The Balaban J connectivity index is 1.23. The molecular weight excluding hydrogens is 430 g/mol. The van der Waals surface area contributed by atoms with Gasteiger partial charge in [0.05, 0.1) is 5.69 Å². The number of nitrogens with one attached hydrogen (secondary N) is 2. The minimum Gasteiger partial charge on any atom is -0.328 e. The SMILES string of the molecule is NC1CCC(N(Cc2ccc(-n3ccc(NC(=O)N4CCNCC4)nc3=O)cc2)C2CC2)CC1. The van der Waals surface area contributed by atoms with E-state index in [-0.39, 0.29) is 11.8 Å². The molecule has 1 saturated heterocycles. The Morgan fingerprint density at radius 3 is 2.29 bits per heavy atom. The third-order valence-corrected chi connectivity index (χ3v) is 7.25. The van der Waals surface area contributed by atoms with Crippen LogP contribution in [0.5, 0.6) is 0 Å². The van der Waals surface area contributed by atoms with E-state index in [2.05, 4.69) is 32.7 Å². The molecule has 9 heteroatoms. The van der Waals surface area contributed by atoms with Crippen LogP contribution in [0.15, 0.2) is 41.3 Å². The van der Waals surface area contributed by atoms with Crippen LogP contribution in [0, 0.1) is 0 Å². The highest BCUT2D eigenvalue weighted by atomic mass is 16.2. The molecular formula is C25H35N7O2. The topological polar surface area (TPSA) is 109 Å². The van der Waals surface area contributed by atoms with E-state index < -0.39 is 5.69 Å². The van der Waals surface area contributed by atoms with Gasteiger partial charge in [-0.2, -0.15) is 4.98 Å². The molecule has 2 heterocycles. The van der Waals surface area contributed by atoms with Crippen LogP contribution in [0.3, 0.4) is 0 Å². The summed E-state index contributed by atoms with van der Waals surface area (Å²) >= 11 is 0. The summed E-state index contributed by atoms with van der Waals surface area (Å²) in [6, 6.07) is 11.3. The van der Waals surface area contributed by atoms with Crippen molar-refractivity contribution in [3.05, 3.63) is 52.6 Å². The highest BCUT2D eigenvalue weighted by molar-refractivity contribution is 5.88. The van der Waals surface area contributed by atoms with Gasteiger partial charge in [0.1, 0.15) is 5.82 Å². The number of aromatic nitrogens is 2. The number of hydrogen-bond donors (Lipinski definition) is 3. The summed E-state index contributed by atoms with van der Waals surface area (Å²) in [5.74, 6) is 0.272. The van der Waals surface area contributed by atoms with E-state index in [0.29, 0.717) is 31.2 Å². The minimum atomic E-state index is -0.413. The molecule has 4 N–H and O–H groups in total. The number of amides is 2. The predicted molar refractivity (Wildman–Crippen MR) is 132 cm³/mol. The second-order valence-electron chi connectivity index (χ2n) is 9.77. The molecule has 1 aromatic carbocycles. The van der Waals surface area contributed by atoms with Crippen molar-refractivity contribution in [2.24, 2.45) is 5.73 Å². The van der Waals surface area contributed by atoms with Crippen LogP contribution in [0.4, 0.5) is 10.6 Å². The van der Waals surface area contributed by atoms with Crippen LogP contribution >= 0.6 is 0 Å². The molecule has 2 amide bonds. The maximum atomic E-state index is 12.7. The summed E-state index contributed by atoms with van der Waals surface area (Å²) in [5.41, 5.74) is 7.73. The van der Waals surface area contributed by atoms with Gasteiger partial charge in [-0.3, -0.25) is 14.8 Å². The third kappa shape index (κ3) is 5.48. The van der Waals surface area contributed by atoms with Gasteiger partial charge in [-0.15, -0.1) is 0 Å². The lowest BCUT2D eigenvalue weighted by molar-refractivity contribution is 0.133. The first-order valence-corrected chi connectivity index (χ1v) is 12.5. The fraction of sp³-hybridized carbons (Fsp3) is 0.560. The van der Waals surface area contributed by atoms with Crippen LogP contribution in [0.2, 0.25) is 0 Å². The van der Waals surface area contributed by atoms with Gasteiger partial charge < -0.3 is 16.0 Å². The normalized spacial score (nSPS) is 23.2. The molecule has 182 valence electrons. The van der Waals surface area contributed by atoms with E-state index in [1.807, 2.05) is 12.1 Å². The minimum absolute atomic E-state index is 0.226. The van der Waals surface area contributed by atoms with E-state index in [4.69, 9.17) is 5.73 Å². The van der Waals surface area contributed by atoms with Crippen LogP contribution in [-0.4, -0.2) is 69.7 Å². The third-order valence-electron chi connectivity index (χ3n) is 7.25. The molecule has 5 rings (SSSR count). The zero-order chi connectivity index (χ0) is 23.5.